The summed E-state index contributed by atoms with van der Waals surface area (Å²) < 4.78 is 14.0. The summed E-state index contributed by atoms with van der Waals surface area (Å²) in [6.07, 6.45) is 5.47. The van der Waals surface area contributed by atoms with Gasteiger partial charge in [0.15, 0.2) is 0 Å². The molecule has 2 aromatic rings. The summed E-state index contributed by atoms with van der Waals surface area (Å²) in [6.45, 7) is 4.82. The van der Waals surface area contributed by atoms with E-state index in [2.05, 4.69) is 22.2 Å². The first kappa shape index (κ1) is 13.6. The first-order valence-corrected chi connectivity index (χ1v) is 6.54. The molecule has 0 amide bonds. The third-order valence-electron chi connectivity index (χ3n) is 3.10. The molecule has 3 nitrogen and oxygen atoms in total. The molecule has 0 aliphatic heterocycles. The second-order valence-electron chi connectivity index (χ2n) is 4.29. The van der Waals surface area contributed by atoms with E-state index in [1.54, 1.807) is 18.5 Å². The first-order valence-electron chi connectivity index (χ1n) is 6.54. The van der Waals surface area contributed by atoms with Gasteiger partial charge in [0, 0.05) is 18.0 Å². The van der Waals surface area contributed by atoms with E-state index in [0.29, 0.717) is 5.56 Å². The summed E-state index contributed by atoms with van der Waals surface area (Å²) in [4.78, 5) is 8.24. The van der Waals surface area contributed by atoms with Gasteiger partial charge in [0.05, 0.1) is 17.9 Å². The number of aryl methyl sites for hydroxylation is 1. The van der Waals surface area contributed by atoms with E-state index in [-0.39, 0.29) is 11.9 Å². The Hall–Kier alpha value is -1.81. The van der Waals surface area contributed by atoms with Crippen LogP contribution in [0.4, 0.5) is 4.39 Å². The summed E-state index contributed by atoms with van der Waals surface area (Å²) in [7, 11) is 0. The van der Waals surface area contributed by atoms with Crippen LogP contribution < -0.4 is 5.32 Å². The molecule has 2 aromatic heterocycles. The number of rotatable bonds is 5. The highest BCUT2D eigenvalue weighted by Crippen LogP contribution is 2.25. The maximum Gasteiger partial charge on any atom is 0.146 e. The Kier molecular flexibility index (Phi) is 4.58. The molecule has 0 aromatic carbocycles. The van der Waals surface area contributed by atoms with E-state index in [0.717, 1.165) is 24.2 Å². The van der Waals surface area contributed by atoms with E-state index < -0.39 is 0 Å². The number of pyridine rings is 2. The second-order valence-corrected chi connectivity index (χ2v) is 4.29. The smallest absolute Gasteiger partial charge is 0.146 e. The quantitative estimate of drug-likeness (QED) is 0.897. The molecule has 1 atom stereocenters. The van der Waals surface area contributed by atoms with Crippen molar-refractivity contribution in [1.82, 2.24) is 15.3 Å². The van der Waals surface area contributed by atoms with Crippen molar-refractivity contribution in [2.24, 2.45) is 0 Å². The van der Waals surface area contributed by atoms with E-state index in [1.807, 2.05) is 19.1 Å². The molecule has 100 valence electrons. The lowest BCUT2D eigenvalue weighted by molar-refractivity contribution is 0.545. The van der Waals surface area contributed by atoms with Crippen molar-refractivity contribution in [1.29, 1.82) is 0 Å². The van der Waals surface area contributed by atoms with Crippen LogP contribution in [0.1, 0.15) is 36.7 Å². The minimum absolute atomic E-state index is 0.232. The Labute approximate surface area is 112 Å². The van der Waals surface area contributed by atoms with Crippen LogP contribution in [0.5, 0.6) is 0 Å². The van der Waals surface area contributed by atoms with Gasteiger partial charge in [0.25, 0.3) is 0 Å². The molecule has 1 N–H and O–H groups in total. The molecule has 0 aliphatic carbocycles. The molecule has 1 unspecified atom stereocenters. The standard InChI is InChI=1S/C15H18FN3/c1-3-11-6-5-8-19-14(11)15(18-4-2)12-7-9-17-10-13(12)16/h5-10,15,18H,3-4H2,1-2H3. The monoisotopic (exact) mass is 259 g/mol. The van der Waals surface area contributed by atoms with E-state index in [9.17, 15) is 4.39 Å². The molecule has 0 radical (unpaired) electrons. The lowest BCUT2D eigenvalue weighted by Gasteiger charge is -2.20. The number of halogens is 1. The normalized spacial score (nSPS) is 12.4. The first-order chi connectivity index (χ1) is 9.27. The summed E-state index contributed by atoms with van der Waals surface area (Å²) in [5.74, 6) is -0.304. The third-order valence-corrected chi connectivity index (χ3v) is 3.10. The van der Waals surface area contributed by atoms with Crippen LogP contribution in [-0.2, 0) is 6.42 Å². The Morgan fingerprint density at radius 1 is 1.26 bits per heavy atom. The third kappa shape index (κ3) is 2.96. The number of nitrogens with zero attached hydrogens (tertiary/aromatic N) is 2. The molecule has 0 aliphatic rings. The fourth-order valence-electron chi connectivity index (χ4n) is 2.19. The van der Waals surface area contributed by atoms with Gasteiger partial charge in [0.1, 0.15) is 5.82 Å². The molecule has 19 heavy (non-hydrogen) atoms. The average Bonchev–Trinajstić information content (AvgIpc) is 2.46. The second kappa shape index (κ2) is 6.38. The van der Waals surface area contributed by atoms with Crippen LogP contribution >= 0.6 is 0 Å². The zero-order valence-electron chi connectivity index (χ0n) is 11.2. The molecule has 0 bridgehead atoms. The van der Waals surface area contributed by atoms with Gasteiger partial charge in [-0.15, -0.1) is 0 Å². The van der Waals surface area contributed by atoms with Crippen molar-refractivity contribution in [3.63, 3.8) is 0 Å². The van der Waals surface area contributed by atoms with Crippen molar-refractivity contribution in [3.8, 4) is 0 Å². The Bertz CT molecular complexity index is 542. The lowest BCUT2D eigenvalue weighted by atomic mass is 9.98. The van der Waals surface area contributed by atoms with Crippen molar-refractivity contribution in [3.05, 3.63) is 59.4 Å². The zero-order chi connectivity index (χ0) is 13.7. The minimum atomic E-state index is -0.304. The zero-order valence-corrected chi connectivity index (χ0v) is 11.2. The summed E-state index contributed by atoms with van der Waals surface area (Å²) in [5, 5.41) is 3.30. The van der Waals surface area contributed by atoms with Crippen molar-refractivity contribution < 1.29 is 4.39 Å². The van der Waals surface area contributed by atoms with Gasteiger partial charge in [-0.05, 0) is 30.7 Å². The van der Waals surface area contributed by atoms with Gasteiger partial charge < -0.3 is 5.32 Å². The SMILES string of the molecule is CCNC(c1ccncc1F)c1ncccc1CC. The molecule has 2 rings (SSSR count). The van der Waals surface area contributed by atoms with Crippen LogP contribution in [-0.4, -0.2) is 16.5 Å². The highest BCUT2D eigenvalue weighted by atomic mass is 19.1. The van der Waals surface area contributed by atoms with E-state index >= 15 is 0 Å². The molecular formula is C15H18FN3. The summed E-state index contributed by atoms with van der Waals surface area (Å²) >= 11 is 0. The predicted octanol–water partition coefficient (Wildman–Crippen LogP) is 2.88. The molecule has 0 saturated heterocycles. The van der Waals surface area contributed by atoms with Crippen LogP contribution in [0.2, 0.25) is 0 Å². The molecule has 0 spiro atoms. The predicted molar refractivity (Wildman–Crippen MR) is 73.3 cm³/mol. The van der Waals surface area contributed by atoms with E-state index in [1.165, 1.54) is 6.20 Å². The Morgan fingerprint density at radius 2 is 2.11 bits per heavy atom. The van der Waals surface area contributed by atoms with E-state index in [4.69, 9.17) is 0 Å². The van der Waals surface area contributed by atoms with Gasteiger partial charge in [-0.1, -0.05) is 19.9 Å². The number of hydrogen-bond donors (Lipinski definition) is 1. The molecule has 2 heterocycles. The summed E-state index contributed by atoms with van der Waals surface area (Å²) in [5.41, 5.74) is 2.60. The van der Waals surface area contributed by atoms with Crippen LogP contribution in [0.25, 0.3) is 0 Å². The Balaban J connectivity index is 2.49. The van der Waals surface area contributed by atoms with Crippen molar-refractivity contribution >= 4 is 0 Å². The highest BCUT2D eigenvalue weighted by Gasteiger charge is 2.20. The van der Waals surface area contributed by atoms with Crippen molar-refractivity contribution in [2.75, 3.05) is 6.54 Å². The number of hydrogen-bond acceptors (Lipinski definition) is 3. The molecular weight excluding hydrogens is 241 g/mol. The Morgan fingerprint density at radius 3 is 2.79 bits per heavy atom. The maximum atomic E-state index is 14.0. The minimum Gasteiger partial charge on any atom is -0.305 e. The van der Waals surface area contributed by atoms with Crippen molar-refractivity contribution in [2.45, 2.75) is 26.3 Å². The van der Waals surface area contributed by atoms with Gasteiger partial charge in [-0.3, -0.25) is 9.97 Å². The van der Waals surface area contributed by atoms with Gasteiger partial charge in [-0.25, -0.2) is 4.39 Å². The van der Waals surface area contributed by atoms with Crippen LogP contribution in [0.15, 0.2) is 36.8 Å². The fourth-order valence-corrected chi connectivity index (χ4v) is 2.19. The van der Waals surface area contributed by atoms with Gasteiger partial charge >= 0.3 is 0 Å². The van der Waals surface area contributed by atoms with Crippen LogP contribution in [0, 0.1) is 5.82 Å². The largest absolute Gasteiger partial charge is 0.305 e. The molecule has 0 fully saturated rings. The number of aromatic nitrogens is 2. The number of nitrogens with one attached hydrogen (secondary N) is 1. The summed E-state index contributed by atoms with van der Waals surface area (Å²) in [6, 6.07) is 5.42. The molecule has 0 saturated carbocycles. The topological polar surface area (TPSA) is 37.8 Å². The van der Waals surface area contributed by atoms with Gasteiger partial charge in [0.2, 0.25) is 0 Å². The molecule has 4 heteroatoms. The maximum absolute atomic E-state index is 14.0. The van der Waals surface area contributed by atoms with Gasteiger partial charge in [-0.2, -0.15) is 0 Å². The van der Waals surface area contributed by atoms with Crippen LogP contribution in [0.3, 0.4) is 0 Å². The lowest BCUT2D eigenvalue weighted by Crippen LogP contribution is -2.25. The average molecular weight is 259 g/mol. The highest BCUT2D eigenvalue weighted by molar-refractivity contribution is 5.32. The fraction of sp³-hybridized carbons (Fsp3) is 0.333.